The number of hydrogen-bond acceptors (Lipinski definition) is 9. The molecule has 0 radical (unpaired) electrons. The molecule has 0 saturated heterocycles. The predicted octanol–water partition coefficient (Wildman–Crippen LogP) is 8.95. The number of aromatic nitrogens is 2. The van der Waals surface area contributed by atoms with E-state index in [1.54, 1.807) is 23.1 Å². The first kappa shape index (κ1) is 42.6. The van der Waals surface area contributed by atoms with Gasteiger partial charge in [-0.3, -0.25) is 9.59 Å². The highest BCUT2D eigenvalue weighted by atomic mass is 32.2. The van der Waals surface area contributed by atoms with E-state index in [1.165, 1.54) is 20.3 Å². The predicted molar refractivity (Wildman–Crippen MR) is 259 cm³/mol. The van der Waals surface area contributed by atoms with Gasteiger partial charge in [-0.05, 0) is 105 Å². The van der Waals surface area contributed by atoms with Gasteiger partial charge in [0.25, 0.3) is 0 Å². The van der Waals surface area contributed by atoms with E-state index in [0.29, 0.717) is 19.6 Å². The van der Waals surface area contributed by atoms with Crippen molar-refractivity contribution < 1.29 is 14.2 Å². The largest absolute Gasteiger partial charge is 0.355 e. The van der Waals surface area contributed by atoms with E-state index < -0.39 is 0 Å². The highest BCUT2D eigenvalue weighted by Gasteiger charge is 2.21. The van der Waals surface area contributed by atoms with Crippen LogP contribution in [-0.2, 0) is 16.1 Å². The zero-order valence-corrected chi connectivity index (χ0v) is 36.9. The Balaban J connectivity index is 0.721. The third-order valence-electron chi connectivity index (χ3n) is 10.9. The summed E-state index contributed by atoms with van der Waals surface area (Å²) in [6.45, 7) is 4.06. The third kappa shape index (κ3) is 10.7. The lowest BCUT2D eigenvalue weighted by molar-refractivity contribution is -0.658. The molecule has 0 saturated carbocycles. The Labute approximate surface area is 372 Å². The Morgan fingerprint density at radius 3 is 2.47 bits per heavy atom. The van der Waals surface area contributed by atoms with Gasteiger partial charge in [0.05, 0.1) is 32.9 Å². The number of carbonyl (C=O) groups excluding carboxylic acids is 2. The molecule has 2 aliphatic rings. The van der Waals surface area contributed by atoms with Gasteiger partial charge in [0.15, 0.2) is 6.20 Å². The molecule has 4 aromatic carbocycles. The van der Waals surface area contributed by atoms with Gasteiger partial charge < -0.3 is 25.3 Å². The number of benzene rings is 4. The van der Waals surface area contributed by atoms with Gasteiger partial charge in [-0.2, -0.15) is 4.57 Å². The van der Waals surface area contributed by atoms with Crippen molar-refractivity contribution in [2.75, 3.05) is 63.2 Å². The van der Waals surface area contributed by atoms with Crippen LogP contribution in [0.25, 0.3) is 38.8 Å². The van der Waals surface area contributed by atoms with Crippen LogP contribution in [0.2, 0.25) is 0 Å². The Bertz CT molecular complexity index is 2680. The van der Waals surface area contributed by atoms with Crippen molar-refractivity contribution in [2.45, 2.75) is 24.3 Å². The number of para-hydroxylation sites is 4. The first-order valence-electron chi connectivity index (χ1n) is 21.2. The highest BCUT2D eigenvalue weighted by Crippen LogP contribution is 2.44. The van der Waals surface area contributed by atoms with Gasteiger partial charge in [0, 0.05) is 48.1 Å². The van der Waals surface area contributed by atoms with E-state index in [-0.39, 0.29) is 18.2 Å². The van der Waals surface area contributed by atoms with Crippen molar-refractivity contribution in [1.82, 2.24) is 20.5 Å². The van der Waals surface area contributed by atoms with Crippen LogP contribution < -0.4 is 25.0 Å². The van der Waals surface area contributed by atoms with Crippen molar-refractivity contribution in [1.29, 1.82) is 0 Å². The number of nitrogens with one attached hydrogen (secondary N) is 2. The van der Waals surface area contributed by atoms with Crippen molar-refractivity contribution in [2.24, 2.45) is 0 Å². The molecule has 8 rings (SSSR count). The molecule has 314 valence electrons. The van der Waals surface area contributed by atoms with Gasteiger partial charge >= 0.3 is 0 Å². The van der Waals surface area contributed by atoms with Gasteiger partial charge in [0.2, 0.25) is 23.8 Å². The number of allylic oxidation sites excluding steroid dienone is 6. The maximum atomic E-state index is 13.0. The second-order valence-corrected chi connectivity index (χ2v) is 17.6. The number of amides is 1. The zero-order valence-electron chi connectivity index (χ0n) is 35.2. The SMILES string of the molecule is CN(CCCNCC(=O)C[n+]1ccc(C=CC=C2Sc3ccccc3N2C)c2ccccc21)CCCNC(=O)CN1C=C/C(=C\C=C\c2nc3ccccc3s2)c2ccccc21. The van der Waals surface area contributed by atoms with Crippen LogP contribution in [0.15, 0.2) is 156 Å². The number of pyridine rings is 1. The number of nitrogens with zero attached hydrogens (tertiary/aromatic N) is 5. The summed E-state index contributed by atoms with van der Waals surface area (Å²) in [4.78, 5) is 38.5. The molecule has 11 heteroatoms. The molecule has 0 bridgehead atoms. The Morgan fingerprint density at radius 2 is 1.60 bits per heavy atom. The summed E-state index contributed by atoms with van der Waals surface area (Å²) in [7, 11) is 4.20. The second kappa shape index (κ2) is 20.6. The van der Waals surface area contributed by atoms with Crippen LogP contribution in [-0.4, -0.2) is 74.9 Å². The maximum Gasteiger partial charge on any atom is 0.239 e. The fraction of sp³-hybridized carbons (Fsp3) is 0.216. The lowest BCUT2D eigenvalue weighted by Crippen LogP contribution is -2.41. The first-order chi connectivity index (χ1) is 30.4. The smallest absolute Gasteiger partial charge is 0.239 e. The average Bonchev–Trinajstić information content (AvgIpc) is 3.86. The van der Waals surface area contributed by atoms with Crippen LogP contribution in [0.1, 0.15) is 29.0 Å². The number of carbonyl (C=O) groups is 2. The molecule has 2 N–H and O–H groups in total. The van der Waals surface area contributed by atoms with Crippen LogP contribution in [0, 0.1) is 0 Å². The van der Waals surface area contributed by atoms with Crippen molar-refractivity contribution in [3.05, 3.63) is 167 Å². The molecule has 0 spiro atoms. The lowest BCUT2D eigenvalue weighted by Gasteiger charge is -2.27. The molecule has 0 atom stereocenters. The number of thioether (sulfide) groups is 1. The quantitative estimate of drug-likeness (QED) is 0.0656. The van der Waals surface area contributed by atoms with Gasteiger partial charge in [-0.1, -0.05) is 90.7 Å². The monoisotopic (exact) mass is 858 g/mol. The summed E-state index contributed by atoms with van der Waals surface area (Å²) in [5, 5.41) is 9.73. The van der Waals surface area contributed by atoms with Crippen LogP contribution in [0.3, 0.4) is 0 Å². The van der Waals surface area contributed by atoms with Gasteiger partial charge in [-0.15, -0.1) is 11.3 Å². The average molecular weight is 859 g/mol. The molecule has 0 fully saturated rings. The summed E-state index contributed by atoms with van der Waals surface area (Å²) in [6.07, 6.45) is 20.4. The van der Waals surface area contributed by atoms with Gasteiger partial charge in [0.1, 0.15) is 11.6 Å². The minimum absolute atomic E-state index is 0.00478. The van der Waals surface area contributed by atoms with Crippen molar-refractivity contribution >= 4 is 85.0 Å². The van der Waals surface area contributed by atoms with E-state index in [1.807, 2.05) is 76.5 Å². The number of thiazole rings is 1. The number of fused-ring (bicyclic) bond motifs is 4. The first-order valence-corrected chi connectivity index (χ1v) is 22.8. The Morgan fingerprint density at radius 1 is 0.839 bits per heavy atom. The Kier molecular flexibility index (Phi) is 14.2. The molecule has 2 aromatic heterocycles. The van der Waals surface area contributed by atoms with E-state index in [0.717, 1.165) is 76.3 Å². The maximum absolute atomic E-state index is 13.0. The summed E-state index contributed by atoms with van der Waals surface area (Å²) in [6, 6.07) is 35.2. The van der Waals surface area contributed by atoms with E-state index in [9.17, 15) is 9.59 Å². The van der Waals surface area contributed by atoms with E-state index in [2.05, 4.69) is 126 Å². The molecular weight excluding hydrogens is 807 g/mol. The number of rotatable bonds is 18. The third-order valence-corrected chi connectivity index (χ3v) is 13.1. The molecule has 4 heterocycles. The van der Waals surface area contributed by atoms with Crippen LogP contribution in [0.5, 0.6) is 0 Å². The topological polar surface area (TPSA) is 84.7 Å². The summed E-state index contributed by atoms with van der Waals surface area (Å²) in [5.41, 5.74) is 7.59. The van der Waals surface area contributed by atoms with Crippen molar-refractivity contribution in [3.63, 3.8) is 0 Å². The molecule has 1 amide bonds. The van der Waals surface area contributed by atoms with Crippen molar-refractivity contribution in [3.8, 4) is 0 Å². The molecule has 0 aliphatic carbocycles. The molecule has 9 nitrogen and oxygen atoms in total. The molecule has 62 heavy (non-hydrogen) atoms. The molecular formula is C51H52N7O2S2+. The molecule has 2 aliphatic heterocycles. The summed E-state index contributed by atoms with van der Waals surface area (Å²) < 4.78 is 3.22. The number of anilines is 2. The Hall–Kier alpha value is -6.11. The second-order valence-electron chi connectivity index (χ2n) is 15.4. The standard InChI is InChI=1S/C51H51N7O2S2/c1-55(32-14-30-53-49(60)37-58-34-28-38(42-18-4-7-21-45(42)58)15-11-25-50-54-43-19-5-9-23-47(43)61-50)31-13-29-52-35-40(59)36-57-33-27-39(41-17-3-6-20-44(41)57)16-12-26-51-56(2)46-22-8-10-24-48(46)62-51/h3-12,15-28,33-34,52H,13-14,29-32,35-37H2,1-2H3/p+1/b25-11+,38-15+. The van der Waals surface area contributed by atoms with E-state index >= 15 is 0 Å². The summed E-state index contributed by atoms with van der Waals surface area (Å²) >= 11 is 3.46. The number of ketones is 1. The van der Waals surface area contributed by atoms with Crippen LogP contribution >= 0.6 is 23.1 Å². The lowest BCUT2D eigenvalue weighted by atomic mass is 9.99. The minimum atomic E-state index is -0.00478. The fourth-order valence-electron chi connectivity index (χ4n) is 7.73. The van der Waals surface area contributed by atoms with Gasteiger partial charge in [-0.25, -0.2) is 4.98 Å². The zero-order chi connectivity index (χ0) is 42.7. The number of Topliss-reactive ketones (excluding diaryl/α,β-unsaturated/α-hetero) is 1. The normalized spacial score (nSPS) is 15.0. The molecule has 6 aromatic rings. The number of hydrogen-bond donors (Lipinski definition) is 2. The van der Waals surface area contributed by atoms with Crippen LogP contribution in [0.4, 0.5) is 11.4 Å². The summed E-state index contributed by atoms with van der Waals surface area (Å²) in [5.74, 6) is 0.141. The minimum Gasteiger partial charge on any atom is -0.355 e. The highest BCUT2D eigenvalue weighted by molar-refractivity contribution is 8.03. The fourth-order valence-corrected chi connectivity index (χ4v) is 9.67. The molecule has 0 unspecified atom stereocenters. The van der Waals surface area contributed by atoms with E-state index in [4.69, 9.17) is 4.98 Å².